The minimum Gasteiger partial charge on any atom is -0.377 e. The lowest BCUT2D eigenvalue weighted by molar-refractivity contribution is 0.0148. The quantitative estimate of drug-likeness (QED) is 0.913. The highest BCUT2D eigenvalue weighted by Gasteiger charge is 2.28. The Morgan fingerprint density at radius 1 is 1.12 bits per heavy atom. The van der Waals surface area contributed by atoms with Gasteiger partial charge in [0.05, 0.1) is 24.2 Å². The monoisotopic (exact) mass is 360 g/mol. The molecule has 1 aliphatic heterocycles. The van der Waals surface area contributed by atoms with E-state index in [2.05, 4.69) is 5.32 Å². The van der Waals surface area contributed by atoms with Gasteiger partial charge in [0.25, 0.3) is 0 Å². The topological polar surface area (TPSA) is 75.7 Å². The van der Waals surface area contributed by atoms with Crippen molar-refractivity contribution in [1.29, 1.82) is 0 Å². The lowest BCUT2D eigenvalue weighted by Crippen LogP contribution is -2.45. The zero-order valence-electron chi connectivity index (χ0n) is 13.9. The highest BCUT2D eigenvalue weighted by molar-refractivity contribution is 7.90. The molecule has 3 rings (SSSR count). The lowest BCUT2D eigenvalue weighted by Gasteiger charge is -2.35. The number of carbonyl (C=O) groups excluding carboxylic acids is 1. The van der Waals surface area contributed by atoms with E-state index in [9.17, 15) is 13.2 Å². The Morgan fingerprint density at radius 3 is 2.44 bits per heavy atom. The van der Waals surface area contributed by atoms with E-state index >= 15 is 0 Å². The molecule has 0 spiro atoms. The van der Waals surface area contributed by atoms with Crippen molar-refractivity contribution >= 4 is 21.6 Å². The summed E-state index contributed by atoms with van der Waals surface area (Å²) in [6.45, 7) is 1.43. The largest absolute Gasteiger partial charge is 0.377 e. The average Bonchev–Trinajstić information content (AvgIpc) is 2.62. The number of nitrogens with zero attached hydrogens (tertiary/aromatic N) is 1. The highest BCUT2D eigenvalue weighted by atomic mass is 32.2. The van der Waals surface area contributed by atoms with E-state index in [4.69, 9.17) is 4.74 Å². The summed E-state index contributed by atoms with van der Waals surface area (Å²) >= 11 is 0. The molecule has 2 amide bonds. The van der Waals surface area contributed by atoms with Gasteiger partial charge in [0.2, 0.25) is 0 Å². The SMILES string of the molecule is CS(=O)(=O)c1ccc(NC(=O)N2CCOC[C@@H]2c2ccccc2)cc1. The minimum absolute atomic E-state index is 0.148. The molecule has 1 fully saturated rings. The number of hydrogen-bond donors (Lipinski definition) is 1. The summed E-state index contributed by atoms with van der Waals surface area (Å²) in [5.41, 5.74) is 1.57. The molecular weight excluding hydrogens is 340 g/mol. The third kappa shape index (κ3) is 4.18. The van der Waals surface area contributed by atoms with Gasteiger partial charge in [-0.1, -0.05) is 30.3 Å². The fraction of sp³-hybridized carbons (Fsp3) is 0.278. The van der Waals surface area contributed by atoms with Crippen LogP contribution in [0.25, 0.3) is 0 Å². The molecule has 7 heteroatoms. The van der Waals surface area contributed by atoms with Crippen LogP contribution in [0.3, 0.4) is 0 Å². The Hall–Kier alpha value is -2.38. The first kappa shape index (κ1) is 17.4. The van der Waals surface area contributed by atoms with Gasteiger partial charge in [-0.25, -0.2) is 13.2 Å². The molecule has 1 atom stereocenters. The van der Waals surface area contributed by atoms with Crippen LogP contribution in [0.15, 0.2) is 59.5 Å². The number of morpholine rings is 1. The van der Waals surface area contributed by atoms with Crippen LogP contribution in [0.5, 0.6) is 0 Å². The summed E-state index contributed by atoms with van der Waals surface area (Å²) < 4.78 is 28.5. The molecule has 6 nitrogen and oxygen atoms in total. The Labute approximate surface area is 147 Å². The van der Waals surface area contributed by atoms with Crippen LogP contribution in [0.1, 0.15) is 11.6 Å². The Balaban J connectivity index is 1.75. The maximum atomic E-state index is 12.7. The van der Waals surface area contributed by atoms with Gasteiger partial charge in [0.1, 0.15) is 0 Å². The fourth-order valence-electron chi connectivity index (χ4n) is 2.78. The molecule has 0 bridgehead atoms. The molecule has 25 heavy (non-hydrogen) atoms. The van der Waals surface area contributed by atoms with Crippen molar-refractivity contribution in [2.24, 2.45) is 0 Å². The molecule has 0 aliphatic carbocycles. The van der Waals surface area contributed by atoms with Crippen molar-refractivity contribution in [3.63, 3.8) is 0 Å². The summed E-state index contributed by atoms with van der Waals surface area (Å²) in [6, 6.07) is 15.5. The van der Waals surface area contributed by atoms with Gasteiger partial charge in [0, 0.05) is 18.5 Å². The summed E-state index contributed by atoms with van der Waals surface area (Å²) in [5, 5.41) is 2.83. The number of carbonyl (C=O) groups is 1. The van der Waals surface area contributed by atoms with Crippen molar-refractivity contribution in [3.8, 4) is 0 Å². The third-order valence-electron chi connectivity index (χ3n) is 4.11. The summed E-state index contributed by atoms with van der Waals surface area (Å²) in [5.74, 6) is 0. The lowest BCUT2D eigenvalue weighted by atomic mass is 10.1. The molecule has 1 heterocycles. The van der Waals surface area contributed by atoms with Gasteiger partial charge in [-0.2, -0.15) is 0 Å². The minimum atomic E-state index is -3.25. The number of anilines is 1. The molecule has 2 aromatic rings. The number of benzene rings is 2. The van der Waals surface area contributed by atoms with E-state index in [1.54, 1.807) is 17.0 Å². The van der Waals surface area contributed by atoms with Crippen molar-refractivity contribution in [1.82, 2.24) is 4.90 Å². The second-order valence-electron chi connectivity index (χ2n) is 5.92. The van der Waals surface area contributed by atoms with Crippen LogP contribution in [0.4, 0.5) is 10.5 Å². The van der Waals surface area contributed by atoms with Crippen molar-refractivity contribution in [2.75, 3.05) is 31.3 Å². The molecule has 0 radical (unpaired) electrons. The van der Waals surface area contributed by atoms with Crippen molar-refractivity contribution in [3.05, 3.63) is 60.2 Å². The molecule has 2 aromatic carbocycles. The Morgan fingerprint density at radius 2 is 1.80 bits per heavy atom. The smallest absolute Gasteiger partial charge is 0.322 e. The van der Waals surface area contributed by atoms with Crippen LogP contribution in [0, 0.1) is 0 Å². The van der Waals surface area contributed by atoms with Crippen LogP contribution in [-0.4, -0.2) is 45.4 Å². The van der Waals surface area contributed by atoms with E-state index in [-0.39, 0.29) is 17.0 Å². The molecule has 0 aromatic heterocycles. The van der Waals surface area contributed by atoms with Gasteiger partial charge in [0.15, 0.2) is 9.84 Å². The maximum Gasteiger partial charge on any atom is 0.322 e. The molecule has 132 valence electrons. The summed E-state index contributed by atoms with van der Waals surface area (Å²) in [4.78, 5) is 14.6. The van der Waals surface area contributed by atoms with E-state index in [1.807, 2.05) is 30.3 Å². The molecule has 0 unspecified atom stereocenters. The summed E-state index contributed by atoms with van der Waals surface area (Å²) in [7, 11) is -3.25. The van der Waals surface area contributed by atoms with Gasteiger partial charge in [-0.05, 0) is 29.8 Å². The zero-order chi connectivity index (χ0) is 17.9. The standard InChI is InChI=1S/C18H20N2O4S/c1-25(22,23)16-9-7-15(8-10-16)19-18(21)20-11-12-24-13-17(20)14-5-3-2-4-6-14/h2-10,17H,11-13H2,1H3,(H,19,21)/t17-/m1/s1. The van der Waals surface area contributed by atoms with Gasteiger partial charge >= 0.3 is 6.03 Å². The number of nitrogens with one attached hydrogen (secondary N) is 1. The molecular formula is C18H20N2O4S. The van der Waals surface area contributed by atoms with Crippen LogP contribution < -0.4 is 5.32 Å². The zero-order valence-corrected chi connectivity index (χ0v) is 14.7. The molecule has 1 N–H and O–H groups in total. The normalized spacial score (nSPS) is 18.0. The Kier molecular flexibility index (Phi) is 5.06. The molecule has 0 saturated carbocycles. The number of urea groups is 1. The van der Waals surface area contributed by atoms with Crippen molar-refractivity contribution < 1.29 is 17.9 Å². The Bertz CT molecular complexity index is 835. The first-order valence-corrected chi connectivity index (χ1v) is 9.85. The van der Waals surface area contributed by atoms with Crippen molar-refractivity contribution in [2.45, 2.75) is 10.9 Å². The fourth-order valence-corrected chi connectivity index (χ4v) is 3.41. The number of sulfone groups is 1. The van der Waals surface area contributed by atoms with Gasteiger partial charge < -0.3 is 15.0 Å². The van der Waals surface area contributed by atoms with E-state index in [0.29, 0.717) is 25.4 Å². The summed E-state index contributed by atoms with van der Waals surface area (Å²) in [6.07, 6.45) is 1.15. The van der Waals surface area contributed by atoms with Crippen LogP contribution in [-0.2, 0) is 14.6 Å². The van der Waals surface area contributed by atoms with E-state index < -0.39 is 9.84 Å². The second-order valence-corrected chi connectivity index (χ2v) is 7.94. The number of ether oxygens (including phenoxy) is 1. The maximum absolute atomic E-state index is 12.7. The first-order valence-electron chi connectivity index (χ1n) is 7.95. The molecule has 1 aliphatic rings. The van der Waals surface area contributed by atoms with Gasteiger partial charge in [-0.15, -0.1) is 0 Å². The van der Waals surface area contributed by atoms with Crippen LogP contribution in [0.2, 0.25) is 0 Å². The number of hydrogen-bond acceptors (Lipinski definition) is 4. The predicted octanol–water partition coefficient (Wildman–Crippen LogP) is 2.70. The van der Waals surface area contributed by atoms with E-state index in [0.717, 1.165) is 11.8 Å². The highest BCUT2D eigenvalue weighted by Crippen LogP contribution is 2.25. The average molecular weight is 360 g/mol. The number of rotatable bonds is 3. The van der Waals surface area contributed by atoms with Crippen LogP contribution >= 0.6 is 0 Å². The van der Waals surface area contributed by atoms with E-state index in [1.165, 1.54) is 12.1 Å². The molecule has 1 saturated heterocycles. The first-order chi connectivity index (χ1) is 11.9. The van der Waals surface area contributed by atoms with Gasteiger partial charge in [-0.3, -0.25) is 0 Å². The second kappa shape index (κ2) is 7.25. The number of amides is 2. The third-order valence-corrected chi connectivity index (χ3v) is 5.24. The predicted molar refractivity (Wildman–Crippen MR) is 95.3 cm³/mol.